The Bertz CT molecular complexity index is 797. The lowest BCUT2D eigenvalue weighted by molar-refractivity contribution is -0.0532. The molecule has 0 N–H and O–H groups in total. The summed E-state index contributed by atoms with van der Waals surface area (Å²) in [6.07, 6.45) is 3.62. The van der Waals surface area contributed by atoms with Crippen LogP contribution in [0.5, 0.6) is 0 Å². The minimum atomic E-state index is 0.118. The molecule has 0 aromatic heterocycles. The Hall–Kier alpha value is -0.770. The Morgan fingerprint density at radius 1 is 1.08 bits per heavy atom. The zero-order chi connectivity index (χ0) is 18.3. The van der Waals surface area contributed by atoms with Gasteiger partial charge in [0.1, 0.15) is 0 Å². The number of rotatable bonds is 4. The number of piperidine rings is 1. The highest BCUT2D eigenvalue weighted by molar-refractivity contribution is 6.42. The summed E-state index contributed by atoms with van der Waals surface area (Å²) in [6, 6.07) is 15.0. The normalized spacial score (nSPS) is 28.5. The molecule has 0 radical (unpaired) electrons. The molecule has 2 aromatic carbocycles. The lowest BCUT2D eigenvalue weighted by atomic mass is 9.82. The number of halogens is 3. The molecule has 2 aliphatic heterocycles. The van der Waals surface area contributed by atoms with Gasteiger partial charge >= 0.3 is 0 Å². The molecule has 4 unspecified atom stereocenters. The molecule has 0 aliphatic carbocycles. The van der Waals surface area contributed by atoms with Gasteiger partial charge in [0, 0.05) is 23.0 Å². The van der Waals surface area contributed by atoms with Crippen molar-refractivity contribution in [2.24, 2.45) is 0 Å². The van der Waals surface area contributed by atoms with Crippen molar-refractivity contribution < 1.29 is 4.74 Å². The summed E-state index contributed by atoms with van der Waals surface area (Å²) in [4.78, 5) is 2.49. The second kappa shape index (κ2) is 7.69. The Balaban J connectivity index is 1.60. The second-order valence-corrected chi connectivity index (χ2v) is 8.57. The Labute approximate surface area is 170 Å². The number of fused-ring (bicyclic) bond motifs is 2. The minimum Gasteiger partial charge on any atom is -0.371 e. The SMILES string of the molecule is CN1C2CCC1C(OCc1cccc(Cl)c1Cl)C(c1cccc(Cl)c1)C2. The number of nitrogens with zero attached hydrogens (tertiary/aromatic N) is 1. The first-order valence-corrected chi connectivity index (χ1v) is 10.2. The van der Waals surface area contributed by atoms with Crippen LogP contribution in [-0.4, -0.2) is 30.1 Å². The van der Waals surface area contributed by atoms with Gasteiger partial charge in [0.15, 0.2) is 0 Å². The van der Waals surface area contributed by atoms with Gasteiger partial charge in [-0.2, -0.15) is 0 Å². The van der Waals surface area contributed by atoms with E-state index in [0.717, 1.165) is 17.0 Å². The van der Waals surface area contributed by atoms with Gasteiger partial charge in [-0.1, -0.05) is 59.1 Å². The van der Waals surface area contributed by atoms with E-state index in [1.54, 1.807) is 6.07 Å². The first-order chi connectivity index (χ1) is 12.5. The molecule has 138 valence electrons. The van der Waals surface area contributed by atoms with Crippen LogP contribution in [0.25, 0.3) is 0 Å². The molecule has 5 heteroatoms. The first kappa shape index (κ1) is 18.6. The molecule has 2 aromatic rings. The third-order valence-corrected chi connectivity index (χ3v) is 7.03. The van der Waals surface area contributed by atoms with Crippen LogP contribution in [0.3, 0.4) is 0 Å². The maximum atomic E-state index is 6.48. The Morgan fingerprint density at radius 2 is 1.88 bits per heavy atom. The molecular weight excluding hydrogens is 389 g/mol. The second-order valence-electron chi connectivity index (χ2n) is 7.35. The van der Waals surface area contributed by atoms with Crippen LogP contribution in [0.2, 0.25) is 15.1 Å². The number of ether oxygens (including phenoxy) is 1. The smallest absolute Gasteiger partial charge is 0.0803 e. The van der Waals surface area contributed by atoms with Crippen molar-refractivity contribution in [3.63, 3.8) is 0 Å². The van der Waals surface area contributed by atoms with E-state index in [1.807, 2.05) is 24.3 Å². The van der Waals surface area contributed by atoms with Crippen LogP contribution < -0.4 is 0 Å². The molecule has 2 heterocycles. The standard InChI is InChI=1S/C21H22Cl3NO/c1-25-16-8-9-19(25)21(17(11-16)13-4-2-6-15(22)10-13)26-12-14-5-3-7-18(23)20(14)24/h2-7,10,16-17,19,21H,8-9,11-12H2,1H3. The third-order valence-electron chi connectivity index (χ3n) is 5.94. The fourth-order valence-corrected chi connectivity index (χ4v) is 5.13. The Morgan fingerprint density at radius 3 is 2.69 bits per heavy atom. The van der Waals surface area contributed by atoms with Crippen molar-refractivity contribution in [2.75, 3.05) is 7.05 Å². The van der Waals surface area contributed by atoms with Crippen molar-refractivity contribution >= 4 is 34.8 Å². The van der Waals surface area contributed by atoms with Gasteiger partial charge in [0.2, 0.25) is 0 Å². The van der Waals surface area contributed by atoms with Gasteiger partial charge in [-0.15, -0.1) is 0 Å². The summed E-state index contributed by atoms with van der Waals surface area (Å²) in [5, 5.41) is 1.94. The average Bonchev–Trinajstić information content (AvgIpc) is 2.87. The predicted molar refractivity (Wildman–Crippen MR) is 108 cm³/mol. The van der Waals surface area contributed by atoms with Crippen LogP contribution in [0.15, 0.2) is 42.5 Å². The van der Waals surface area contributed by atoms with E-state index in [9.17, 15) is 0 Å². The molecule has 26 heavy (non-hydrogen) atoms. The zero-order valence-electron chi connectivity index (χ0n) is 14.7. The third kappa shape index (κ3) is 3.50. The summed E-state index contributed by atoms with van der Waals surface area (Å²) < 4.78 is 6.48. The van der Waals surface area contributed by atoms with Gasteiger partial charge in [-0.25, -0.2) is 0 Å². The quantitative estimate of drug-likeness (QED) is 0.596. The maximum absolute atomic E-state index is 6.48. The van der Waals surface area contributed by atoms with Crippen molar-refractivity contribution in [1.82, 2.24) is 4.90 Å². The van der Waals surface area contributed by atoms with E-state index in [0.29, 0.717) is 34.7 Å². The van der Waals surface area contributed by atoms with Crippen LogP contribution in [0, 0.1) is 0 Å². The van der Waals surface area contributed by atoms with Gasteiger partial charge in [0.25, 0.3) is 0 Å². The van der Waals surface area contributed by atoms with Crippen molar-refractivity contribution in [1.29, 1.82) is 0 Å². The Kier molecular flexibility index (Phi) is 5.50. The molecule has 0 spiro atoms. The lowest BCUT2D eigenvalue weighted by Crippen LogP contribution is -2.50. The molecular formula is C21H22Cl3NO. The topological polar surface area (TPSA) is 12.5 Å². The van der Waals surface area contributed by atoms with Gasteiger partial charge in [-0.05, 0) is 55.6 Å². The number of hydrogen-bond donors (Lipinski definition) is 0. The summed E-state index contributed by atoms with van der Waals surface area (Å²) in [5.41, 5.74) is 2.21. The van der Waals surface area contributed by atoms with Gasteiger partial charge in [0.05, 0.1) is 22.8 Å². The number of benzene rings is 2. The summed E-state index contributed by atoms with van der Waals surface area (Å²) in [6.45, 7) is 0.468. The molecule has 2 saturated heterocycles. The number of hydrogen-bond acceptors (Lipinski definition) is 2. The van der Waals surface area contributed by atoms with Crippen molar-refractivity contribution in [2.45, 2.75) is 50.0 Å². The van der Waals surface area contributed by atoms with Crippen LogP contribution in [0.1, 0.15) is 36.3 Å². The fraction of sp³-hybridized carbons (Fsp3) is 0.429. The maximum Gasteiger partial charge on any atom is 0.0803 e. The minimum absolute atomic E-state index is 0.118. The van der Waals surface area contributed by atoms with Crippen molar-refractivity contribution in [3.05, 3.63) is 68.7 Å². The van der Waals surface area contributed by atoms with Gasteiger partial charge in [-0.3, -0.25) is 4.90 Å². The average molecular weight is 411 g/mol. The van der Waals surface area contributed by atoms with Crippen molar-refractivity contribution in [3.8, 4) is 0 Å². The largest absolute Gasteiger partial charge is 0.371 e. The predicted octanol–water partition coefficient (Wildman–Crippen LogP) is 6.18. The van der Waals surface area contributed by atoms with Crippen LogP contribution >= 0.6 is 34.8 Å². The van der Waals surface area contributed by atoms with E-state index in [2.05, 4.69) is 24.1 Å². The van der Waals surface area contributed by atoms with Crippen LogP contribution in [0.4, 0.5) is 0 Å². The molecule has 4 atom stereocenters. The summed E-state index contributed by atoms with van der Waals surface area (Å²) in [7, 11) is 2.22. The summed E-state index contributed by atoms with van der Waals surface area (Å²) in [5.74, 6) is 0.348. The molecule has 4 rings (SSSR count). The van der Waals surface area contributed by atoms with E-state index >= 15 is 0 Å². The fourth-order valence-electron chi connectivity index (χ4n) is 4.55. The van der Waals surface area contributed by atoms with Gasteiger partial charge < -0.3 is 4.74 Å². The highest BCUT2D eigenvalue weighted by Crippen LogP contribution is 2.44. The molecule has 0 saturated carbocycles. The molecule has 2 aliphatic rings. The molecule has 2 nitrogen and oxygen atoms in total. The molecule has 2 bridgehead atoms. The highest BCUT2D eigenvalue weighted by atomic mass is 35.5. The molecule has 2 fully saturated rings. The van der Waals surface area contributed by atoms with E-state index in [4.69, 9.17) is 39.5 Å². The zero-order valence-corrected chi connectivity index (χ0v) is 16.9. The van der Waals surface area contributed by atoms with E-state index in [1.165, 1.54) is 18.4 Å². The molecule has 0 amide bonds. The van der Waals surface area contributed by atoms with E-state index in [-0.39, 0.29) is 6.10 Å². The van der Waals surface area contributed by atoms with E-state index < -0.39 is 0 Å². The highest BCUT2D eigenvalue weighted by Gasteiger charge is 2.46. The first-order valence-electron chi connectivity index (χ1n) is 9.06. The monoisotopic (exact) mass is 409 g/mol. The van der Waals surface area contributed by atoms with Crippen LogP contribution in [-0.2, 0) is 11.3 Å². The lowest BCUT2D eigenvalue weighted by Gasteiger charge is -2.43. The number of likely N-dealkylation sites (N-methyl/N-ethyl adjacent to an activating group) is 1. The summed E-state index contributed by atoms with van der Waals surface area (Å²) >= 11 is 18.8.